The van der Waals surface area contributed by atoms with E-state index in [2.05, 4.69) is 46.5 Å². The molecule has 0 aliphatic carbocycles. The summed E-state index contributed by atoms with van der Waals surface area (Å²) in [4.78, 5) is 2.18. The highest BCUT2D eigenvalue weighted by Crippen LogP contribution is 2.34. The summed E-state index contributed by atoms with van der Waals surface area (Å²) < 4.78 is 4.38. The van der Waals surface area contributed by atoms with Crippen molar-refractivity contribution in [3.63, 3.8) is 0 Å². The Morgan fingerprint density at radius 3 is 2.35 bits per heavy atom. The van der Waals surface area contributed by atoms with E-state index in [1.54, 1.807) is 0 Å². The second-order valence-corrected chi connectivity index (χ2v) is 6.86. The average molecular weight is 361 g/mol. The fourth-order valence-corrected chi connectivity index (χ4v) is 3.08. The van der Waals surface area contributed by atoms with Crippen LogP contribution in [0.3, 0.4) is 0 Å². The van der Waals surface area contributed by atoms with Gasteiger partial charge >= 0.3 is 0 Å². The molecule has 130 valence electrons. The second kappa shape index (κ2) is 7.89. The summed E-state index contributed by atoms with van der Waals surface area (Å²) in [5.74, 6) is 0. The number of rotatable bonds is 5. The predicted octanol–water partition coefficient (Wildman–Crippen LogP) is 5.94. The smallest absolute Gasteiger partial charge is 0.177 e. The molecule has 0 saturated heterocycles. The van der Waals surface area contributed by atoms with E-state index in [4.69, 9.17) is 0 Å². The third-order valence-electron chi connectivity index (χ3n) is 4.12. The first-order valence-corrected chi connectivity index (χ1v) is 9.07. The molecular formula is C20H19N5S. The molecular weight excluding hydrogens is 342 g/mol. The molecule has 0 aliphatic heterocycles. The lowest BCUT2D eigenvalue weighted by Gasteiger charge is -2.23. The maximum Gasteiger partial charge on any atom is 0.177 e. The minimum absolute atomic E-state index is 0.425. The zero-order valence-corrected chi connectivity index (χ0v) is 15.7. The lowest BCUT2D eigenvalue weighted by molar-refractivity contribution is 0.755. The first-order valence-electron chi connectivity index (χ1n) is 8.30. The highest BCUT2D eigenvalue weighted by molar-refractivity contribution is 7.10. The van der Waals surface area contributed by atoms with Crippen molar-refractivity contribution in [2.24, 2.45) is 10.2 Å². The van der Waals surface area contributed by atoms with E-state index in [1.165, 1.54) is 11.5 Å². The van der Waals surface area contributed by atoms with Crippen molar-refractivity contribution in [3.05, 3.63) is 60.2 Å². The van der Waals surface area contributed by atoms with E-state index in [-0.39, 0.29) is 0 Å². The number of benzene rings is 2. The SMILES string of the molecule is CC(C)N(C)c1ccc(/N=N/c2snc(-c3ccccc3)c2C#N)cc1. The van der Waals surface area contributed by atoms with Gasteiger partial charge in [0.15, 0.2) is 5.00 Å². The van der Waals surface area contributed by atoms with Crippen molar-refractivity contribution in [2.75, 3.05) is 11.9 Å². The van der Waals surface area contributed by atoms with Gasteiger partial charge in [-0.25, -0.2) is 0 Å². The monoisotopic (exact) mass is 361 g/mol. The molecule has 0 spiro atoms. The van der Waals surface area contributed by atoms with Crippen LogP contribution >= 0.6 is 11.5 Å². The number of hydrogen-bond acceptors (Lipinski definition) is 6. The fraction of sp³-hybridized carbons (Fsp3) is 0.200. The molecule has 0 amide bonds. The van der Waals surface area contributed by atoms with Gasteiger partial charge in [-0.1, -0.05) is 30.3 Å². The Balaban J connectivity index is 1.83. The van der Waals surface area contributed by atoms with Crippen LogP contribution in [0.4, 0.5) is 16.4 Å². The molecule has 0 saturated carbocycles. The van der Waals surface area contributed by atoms with Crippen LogP contribution in [0.25, 0.3) is 11.3 Å². The maximum atomic E-state index is 9.51. The van der Waals surface area contributed by atoms with Gasteiger partial charge in [0.25, 0.3) is 0 Å². The van der Waals surface area contributed by atoms with Crippen LogP contribution < -0.4 is 4.90 Å². The van der Waals surface area contributed by atoms with Crippen molar-refractivity contribution >= 4 is 27.9 Å². The lowest BCUT2D eigenvalue weighted by atomic mass is 10.1. The summed E-state index contributed by atoms with van der Waals surface area (Å²) in [6, 6.07) is 20.1. The Morgan fingerprint density at radius 2 is 1.73 bits per heavy atom. The summed E-state index contributed by atoms with van der Waals surface area (Å²) >= 11 is 1.19. The first kappa shape index (κ1) is 17.8. The summed E-state index contributed by atoms with van der Waals surface area (Å²) in [6.07, 6.45) is 0. The quantitative estimate of drug-likeness (QED) is 0.528. The van der Waals surface area contributed by atoms with Crippen molar-refractivity contribution < 1.29 is 0 Å². The minimum Gasteiger partial charge on any atom is -0.372 e. The van der Waals surface area contributed by atoms with Crippen LogP contribution in [0.5, 0.6) is 0 Å². The molecule has 0 aliphatic rings. The Bertz CT molecular complexity index is 937. The molecule has 0 fully saturated rings. The Morgan fingerprint density at radius 1 is 1.04 bits per heavy atom. The fourth-order valence-electron chi connectivity index (χ4n) is 2.40. The van der Waals surface area contributed by atoms with Crippen LogP contribution in [0.15, 0.2) is 64.8 Å². The number of nitriles is 1. The van der Waals surface area contributed by atoms with Crippen molar-refractivity contribution in [2.45, 2.75) is 19.9 Å². The molecule has 1 heterocycles. The first-order chi connectivity index (χ1) is 12.6. The summed E-state index contributed by atoms with van der Waals surface area (Å²) in [5.41, 5.74) is 3.88. The molecule has 5 nitrogen and oxygen atoms in total. The molecule has 1 aromatic heterocycles. The topological polar surface area (TPSA) is 64.6 Å². The van der Waals surface area contributed by atoms with Crippen LogP contribution in [0, 0.1) is 11.3 Å². The molecule has 0 unspecified atom stereocenters. The van der Waals surface area contributed by atoms with Gasteiger partial charge in [0, 0.05) is 24.3 Å². The van der Waals surface area contributed by atoms with Crippen LogP contribution in [-0.4, -0.2) is 17.5 Å². The van der Waals surface area contributed by atoms with Gasteiger partial charge in [-0.3, -0.25) is 0 Å². The molecule has 26 heavy (non-hydrogen) atoms. The zero-order valence-electron chi connectivity index (χ0n) is 14.9. The van der Waals surface area contributed by atoms with Gasteiger partial charge in [0.2, 0.25) is 0 Å². The number of anilines is 1. The number of azo groups is 1. The normalized spacial score (nSPS) is 11.0. The average Bonchev–Trinajstić information content (AvgIpc) is 3.09. The van der Waals surface area contributed by atoms with Crippen LogP contribution in [0.1, 0.15) is 19.4 Å². The largest absolute Gasteiger partial charge is 0.372 e. The zero-order chi connectivity index (χ0) is 18.5. The maximum absolute atomic E-state index is 9.51. The third kappa shape index (κ3) is 3.79. The molecule has 6 heteroatoms. The minimum atomic E-state index is 0.425. The Hall–Kier alpha value is -3.04. The van der Waals surface area contributed by atoms with Gasteiger partial charge in [0.05, 0.1) is 5.69 Å². The van der Waals surface area contributed by atoms with E-state index in [1.807, 2.05) is 54.6 Å². The number of nitrogens with zero attached hydrogens (tertiary/aromatic N) is 5. The van der Waals surface area contributed by atoms with E-state index < -0.39 is 0 Å². The van der Waals surface area contributed by atoms with Crippen molar-refractivity contribution in [1.82, 2.24) is 4.37 Å². The van der Waals surface area contributed by atoms with Gasteiger partial charge in [-0.2, -0.15) is 9.64 Å². The summed E-state index contributed by atoms with van der Waals surface area (Å²) in [7, 11) is 2.06. The third-order valence-corrected chi connectivity index (χ3v) is 4.85. The van der Waals surface area contributed by atoms with Crippen molar-refractivity contribution in [1.29, 1.82) is 5.26 Å². The predicted molar refractivity (Wildman–Crippen MR) is 106 cm³/mol. The standard InChI is InChI=1S/C20H19N5S/c1-14(2)25(3)17-11-9-16(10-12-17)22-23-20-18(13-21)19(24-26-20)15-7-5-4-6-8-15/h4-12,14H,1-3H3/b23-22+. The van der Waals surface area contributed by atoms with Gasteiger partial charge in [0.1, 0.15) is 17.3 Å². The molecule has 0 N–H and O–H groups in total. The summed E-state index contributed by atoms with van der Waals surface area (Å²) in [5, 5.41) is 18.5. The van der Waals surface area contributed by atoms with Gasteiger partial charge in [-0.05, 0) is 49.6 Å². The molecule has 0 atom stereocenters. The van der Waals surface area contributed by atoms with Crippen molar-refractivity contribution in [3.8, 4) is 17.3 Å². The lowest BCUT2D eigenvalue weighted by Crippen LogP contribution is -2.25. The van der Waals surface area contributed by atoms with E-state index >= 15 is 0 Å². The second-order valence-electron chi connectivity index (χ2n) is 6.11. The van der Waals surface area contributed by atoms with Gasteiger partial charge in [-0.15, -0.1) is 10.2 Å². The van der Waals surface area contributed by atoms with Crippen LogP contribution in [0.2, 0.25) is 0 Å². The molecule has 0 bridgehead atoms. The number of aromatic nitrogens is 1. The molecule has 0 radical (unpaired) electrons. The molecule has 2 aromatic carbocycles. The van der Waals surface area contributed by atoms with E-state index in [0.717, 1.165) is 16.9 Å². The number of hydrogen-bond donors (Lipinski definition) is 0. The van der Waals surface area contributed by atoms with E-state index in [0.29, 0.717) is 22.3 Å². The Labute approximate surface area is 157 Å². The summed E-state index contributed by atoms with van der Waals surface area (Å²) in [6.45, 7) is 4.29. The van der Waals surface area contributed by atoms with Gasteiger partial charge < -0.3 is 4.90 Å². The molecule has 3 rings (SSSR count). The molecule has 3 aromatic rings. The highest BCUT2D eigenvalue weighted by Gasteiger charge is 2.15. The van der Waals surface area contributed by atoms with E-state index in [9.17, 15) is 5.26 Å². The Kier molecular flexibility index (Phi) is 5.40. The highest BCUT2D eigenvalue weighted by atomic mass is 32.1. The van der Waals surface area contributed by atoms with Crippen LogP contribution in [-0.2, 0) is 0 Å².